The van der Waals surface area contributed by atoms with Gasteiger partial charge in [-0.3, -0.25) is 30.9 Å². The Kier molecular flexibility index (Phi) is 18.6. The second kappa shape index (κ2) is 23.9. The van der Waals surface area contributed by atoms with Gasteiger partial charge in [-0.1, -0.05) is 18.2 Å². The van der Waals surface area contributed by atoms with Gasteiger partial charge in [-0.05, 0) is 54.6 Å². The standard InChI is InChI=1S/3C9H6N7.3CH4O.Tb/c3*1-3-7(9-12-14-15-13-9)11-8(4-1)16-6-2-5-10-16;3*1-2;/h3*1-6H;3*2H,1H3;/q3*-1;;;;+3. The van der Waals surface area contributed by atoms with E-state index < -0.39 is 0 Å². The number of nitrogens with zero attached hydrogens (tertiary/aromatic N) is 21. The zero-order valence-electron chi connectivity index (χ0n) is 29.0. The van der Waals surface area contributed by atoms with Crippen molar-refractivity contribution in [1.82, 2.24) is 106 Å². The summed E-state index contributed by atoms with van der Waals surface area (Å²) in [7, 11) is 3.00. The van der Waals surface area contributed by atoms with E-state index in [0.717, 1.165) is 21.3 Å². The molecule has 9 aromatic heterocycles. The molecule has 0 atom stereocenters. The van der Waals surface area contributed by atoms with Gasteiger partial charge >= 0.3 is 38.6 Å². The number of rotatable bonds is 6. The summed E-state index contributed by atoms with van der Waals surface area (Å²) in [5.74, 6) is 3.34. The molecule has 282 valence electrons. The average Bonchev–Trinajstić information content (AvgIpc) is 4.12. The predicted octanol–water partition coefficient (Wildman–Crippen LogP) is -0.945. The van der Waals surface area contributed by atoms with Gasteiger partial charge in [0.1, 0.15) is 0 Å². The maximum Gasteiger partial charge on any atom is 3.00 e. The molecular weight excluding hydrogens is 861 g/mol. The Morgan fingerprint density at radius 2 is 0.709 bits per heavy atom. The van der Waals surface area contributed by atoms with E-state index >= 15 is 0 Å². The zero-order valence-corrected chi connectivity index (χ0v) is 31.1. The molecule has 0 aliphatic heterocycles. The Balaban J connectivity index is 0.000000205. The minimum absolute atomic E-state index is 0. The number of pyridine rings is 3. The molecule has 9 heterocycles. The second-order valence-corrected chi connectivity index (χ2v) is 9.10. The van der Waals surface area contributed by atoms with E-state index in [0.29, 0.717) is 52.0 Å². The number of aliphatic hydroxyl groups excluding tert-OH is 3. The second-order valence-electron chi connectivity index (χ2n) is 9.10. The first-order chi connectivity index (χ1) is 26.8. The van der Waals surface area contributed by atoms with E-state index in [1.165, 1.54) is 0 Å². The van der Waals surface area contributed by atoms with Crippen LogP contribution < -0.4 is 15.3 Å². The van der Waals surface area contributed by atoms with Gasteiger partial charge in [0.05, 0.1) is 34.6 Å². The summed E-state index contributed by atoms with van der Waals surface area (Å²) in [4.78, 5) is 13.1. The Labute approximate surface area is 341 Å². The van der Waals surface area contributed by atoms with Gasteiger partial charge in [0.15, 0.2) is 17.5 Å². The van der Waals surface area contributed by atoms with E-state index in [1.54, 1.807) is 50.8 Å². The van der Waals surface area contributed by atoms with E-state index in [2.05, 4.69) is 92.1 Å². The van der Waals surface area contributed by atoms with Crippen molar-refractivity contribution in [1.29, 1.82) is 0 Å². The van der Waals surface area contributed by atoms with Crippen LogP contribution in [0.25, 0.3) is 52.0 Å². The normalized spacial score (nSPS) is 9.49. The van der Waals surface area contributed by atoms with Crippen LogP contribution in [0.4, 0.5) is 0 Å². The molecule has 0 spiro atoms. The zero-order chi connectivity index (χ0) is 38.4. The number of aromatic nitrogens is 21. The van der Waals surface area contributed by atoms with Crippen LogP contribution in [-0.2, 0) is 0 Å². The molecule has 55 heavy (non-hydrogen) atoms. The first kappa shape index (κ1) is 42.9. The number of hydrogen-bond acceptors (Lipinski definition) is 18. The van der Waals surface area contributed by atoms with Gasteiger partial charge in [0.2, 0.25) is 0 Å². The SMILES string of the molecule is CO.CO.CO.[Tb+3].c1cc(-c2nnn[n-]2)nc(-n2cccn2)c1.c1cc(-c2nnn[n-]2)nc(-n2cccn2)c1.c1cc(-c2nnn[n-]2)nc(-n2cccn2)c1. The maximum atomic E-state index is 7.00. The summed E-state index contributed by atoms with van der Waals surface area (Å²) in [6, 6.07) is 22.0. The van der Waals surface area contributed by atoms with Crippen LogP contribution in [0.3, 0.4) is 0 Å². The Morgan fingerprint density at radius 1 is 0.418 bits per heavy atom. The van der Waals surface area contributed by atoms with Crippen LogP contribution in [0.15, 0.2) is 110 Å². The van der Waals surface area contributed by atoms with Crippen LogP contribution in [0.2, 0.25) is 0 Å². The molecule has 0 fully saturated rings. The van der Waals surface area contributed by atoms with Crippen LogP contribution in [0, 0.1) is 38.6 Å². The van der Waals surface area contributed by atoms with E-state index in [9.17, 15) is 0 Å². The topological polar surface area (TPSA) is 311 Å². The molecule has 0 radical (unpaired) electrons. The molecule has 0 bridgehead atoms. The van der Waals surface area contributed by atoms with Crippen molar-refractivity contribution in [2.45, 2.75) is 0 Å². The van der Waals surface area contributed by atoms with Crippen molar-refractivity contribution in [2.75, 3.05) is 21.3 Å². The molecule has 3 N–H and O–H groups in total. The van der Waals surface area contributed by atoms with Gasteiger partial charge < -0.3 is 30.6 Å². The third kappa shape index (κ3) is 12.3. The van der Waals surface area contributed by atoms with Gasteiger partial charge in [-0.2, -0.15) is 30.9 Å². The summed E-state index contributed by atoms with van der Waals surface area (Å²) in [5.41, 5.74) is 1.87. The van der Waals surface area contributed by atoms with Crippen molar-refractivity contribution in [2.24, 2.45) is 0 Å². The molecule has 9 rings (SSSR count). The molecule has 0 aliphatic rings. The van der Waals surface area contributed by atoms with E-state index in [4.69, 9.17) is 15.3 Å². The Morgan fingerprint density at radius 3 is 0.927 bits per heavy atom. The Hall–Kier alpha value is -6.54. The number of aliphatic hydroxyl groups is 3. The van der Waals surface area contributed by atoms with Gasteiger partial charge in [-0.15, -0.1) is 0 Å². The summed E-state index contributed by atoms with van der Waals surface area (Å²) in [5, 5.41) is 76.2. The Bertz CT molecular complexity index is 1840. The van der Waals surface area contributed by atoms with E-state index in [-0.39, 0.29) is 38.6 Å². The summed E-state index contributed by atoms with van der Waals surface area (Å²) >= 11 is 0. The van der Waals surface area contributed by atoms with Gasteiger partial charge in [0, 0.05) is 58.5 Å². The largest absolute Gasteiger partial charge is 3.00 e. The average molecular weight is 892 g/mol. The van der Waals surface area contributed by atoms with Crippen LogP contribution >= 0.6 is 0 Å². The fourth-order valence-electron chi connectivity index (χ4n) is 3.98. The fourth-order valence-corrected chi connectivity index (χ4v) is 3.98. The van der Waals surface area contributed by atoms with Crippen molar-refractivity contribution >= 4 is 0 Å². The summed E-state index contributed by atoms with van der Waals surface area (Å²) in [6.07, 6.45) is 10.5. The smallest absolute Gasteiger partial charge is 0.400 e. The monoisotopic (exact) mass is 891 g/mol. The maximum absolute atomic E-state index is 7.00. The third-order valence-corrected chi connectivity index (χ3v) is 6.06. The molecular formula is C30H30N21O3Tb. The van der Waals surface area contributed by atoms with Crippen LogP contribution in [-0.4, -0.2) is 128 Å². The molecule has 0 unspecified atom stereocenters. The first-order valence-electron chi connectivity index (χ1n) is 15.1. The molecule has 0 aliphatic carbocycles. The summed E-state index contributed by atoms with van der Waals surface area (Å²) in [6.45, 7) is 0. The van der Waals surface area contributed by atoms with Crippen LogP contribution in [0.5, 0.6) is 0 Å². The van der Waals surface area contributed by atoms with Crippen molar-refractivity contribution in [3.05, 3.63) is 110 Å². The molecule has 0 amide bonds. The summed E-state index contributed by atoms with van der Waals surface area (Å²) < 4.78 is 4.98. The van der Waals surface area contributed by atoms with Gasteiger partial charge in [-0.25, -0.2) is 29.0 Å². The molecule has 25 heteroatoms. The van der Waals surface area contributed by atoms with Gasteiger partial charge in [0.25, 0.3) is 0 Å². The van der Waals surface area contributed by atoms with E-state index in [1.807, 2.05) is 73.2 Å². The molecule has 9 aromatic rings. The molecule has 0 saturated heterocycles. The number of tetrazole rings is 3. The van der Waals surface area contributed by atoms with Crippen LogP contribution in [0.1, 0.15) is 0 Å². The third-order valence-electron chi connectivity index (χ3n) is 6.06. The minimum atomic E-state index is 0. The fraction of sp³-hybridized carbons (Fsp3) is 0.100. The number of hydrogen-bond donors (Lipinski definition) is 3. The predicted molar refractivity (Wildman–Crippen MR) is 185 cm³/mol. The first-order valence-corrected chi connectivity index (χ1v) is 15.1. The molecule has 0 aromatic carbocycles. The van der Waals surface area contributed by atoms with Crippen molar-refractivity contribution in [3.63, 3.8) is 0 Å². The quantitative estimate of drug-likeness (QED) is 0.181. The minimum Gasteiger partial charge on any atom is -0.400 e. The molecule has 0 saturated carbocycles. The van der Waals surface area contributed by atoms with Crippen molar-refractivity contribution < 1.29 is 53.9 Å². The van der Waals surface area contributed by atoms with Crippen molar-refractivity contribution in [3.8, 4) is 52.0 Å². The molecule has 24 nitrogen and oxygen atoms in total.